The predicted octanol–water partition coefficient (Wildman–Crippen LogP) is 1.52. The van der Waals surface area contributed by atoms with Gasteiger partial charge >= 0.3 is 0 Å². The van der Waals surface area contributed by atoms with E-state index >= 15 is 0 Å². The second-order valence-corrected chi connectivity index (χ2v) is 4.95. The van der Waals surface area contributed by atoms with Crippen molar-refractivity contribution in [2.75, 3.05) is 27.3 Å². The second kappa shape index (κ2) is 7.19. The summed E-state index contributed by atoms with van der Waals surface area (Å²) < 4.78 is 4.92. The smallest absolute Gasteiger partial charge is 0.0924 e. The molecule has 0 aliphatic heterocycles. The van der Waals surface area contributed by atoms with Crippen molar-refractivity contribution in [3.05, 3.63) is 42.1 Å². The molecule has 1 unspecified atom stereocenters. The molecule has 20 heavy (non-hydrogen) atoms. The van der Waals surface area contributed by atoms with Crippen LogP contribution in [0, 0.1) is 0 Å². The molecule has 0 radical (unpaired) electrons. The van der Waals surface area contributed by atoms with Gasteiger partial charge in [0, 0.05) is 31.5 Å². The molecule has 5 heteroatoms. The molecule has 1 aromatic heterocycles. The molecule has 0 aliphatic carbocycles. The van der Waals surface area contributed by atoms with Crippen LogP contribution < -0.4 is 0 Å². The summed E-state index contributed by atoms with van der Waals surface area (Å²) in [4.78, 5) is 2.03. The maximum Gasteiger partial charge on any atom is 0.0924 e. The number of aromatic amines is 1. The van der Waals surface area contributed by atoms with E-state index in [1.807, 2.05) is 48.3 Å². The van der Waals surface area contributed by atoms with E-state index in [0.29, 0.717) is 19.7 Å². The van der Waals surface area contributed by atoms with E-state index in [0.717, 1.165) is 17.0 Å². The zero-order valence-electron chi connectivity index (χ0n) is 11.9. The summed E-state index contributed by atoms with van der Waals surface area (Å²) in [5, 5.41) is 17.0. The average Bonchev–Trinajstić information content (AvgIpc) is 2.88. The zero-order chi connectivity index (χ0) is 14.4. The fraction of sp³-hybridized carbons (Fsp3) is 0.400. The fourth-order valence-electron chi connectivity index (χ4n) is 2.16. The average molecular weight is 275 g/mol. The number of likely N-dealkylation sites (N-methyl/N-ethyl adjacent to an activating group) is 1. The molecule has 5 nitrogen and oxygen atoms in total. The lowest BCUT2D eigenvalue weighted by Gasteiger charge is -2.19. The minimum absolute atomic E-state index is 0.350. The number of nitrogens with zero attached hydrogens (tertiary/aromatic N) is 2. The van der Waals surface area contributed by atoms with Gasteiger partial charge in [-0.1, -0.05) is 30.3 Å². The lowest BCUT2D eigenvalue weighted by Crippen LogP contribution is -2.31. The largest absolute Gasteiger partial charge is 0.389 e. The maximum atomic E-state index is 9.69. The first-order valence-corrected chi connectivity index (χ1v) is 6.64. The summed E-state index contributed by atoms with van der Waals surface area (Å²) in [5.74, 6) is 0. The van der Waals surface area contributed by atoms with Gasteiger partial charge in [0.2, 0.25) is 0 Å². The van der Waals surface area contributed by atoms with Crippen LogP contribution in [0.4, 0.5) is 0 Å². The number of aliphatic hydroxyl groups excluding tert-OH is 1. The van der Waals surface area contributed by atoms with Gasteiger partial charge in [0.1, 0.15) is 0 Å². The summed E-state index contributed by atoms with van der Waals surface area (Å²) in [7, 11) is 3.55. The van der Waals surface area contributed by atoms with Crippen LogP contribution in [0.3, 0.4) is 0 Å². The van der Waals surface area contributed by atoms with Gasteiger partial charge in [-0.25, -0.2) is 0 Å². The number of aromatic nitrogens is 2. The van der Waals surface area contributed by atoms with Crippen molar-refractivity contribution in [2.24, 2.45) is 0 Å². The van der Waals surface area contributed by atoms with E-state index in [9.17, 15) is 5.11 Å². The first kappa shape index (κ1) is 14.7. The SMILES string of the molecule is COCC(O)CN(C)Cc1cc(-c2ccccc2)n[nH]1. The predicted molar refractivity (Wildman–Crippen MR) is 78.2 cm³/mol. The third-order valence-corrected chi connectivity index (χ3v) is 3.02. The van der Waals surface area contributed by atoms with Gasteiger partial charge < -0.3 is 9.84 Å². The minimum Gasteiger partial charge on any atom is -0.389 e. The van der Waals surface area contributed by atoms with Crippen molar-refractivity contribution in [3.63, 3.8) is 0 Å². The van der Waals surface area contributed by atoms with Gasteiger partial charge in [0.25, 0.3) is 0 Å². The van der Waals surface area contributed by atoms with Crippen LogP contribution in [0.25, 0.3) is 11.3 Å². The van der Waals surface area contributed by atoms with Gasteiger partial charge in [0.15, 0.2) is 0 Å². The van der Waals surface area contributed by atoms with Crippen LogP contribution in [0.1, 0.15) is 5.69 Å². The van der Waals surface area contributed by atoms with E-state index in [4.69, 9.17) is 4.74 Å². The summed E-state index contributed by atoms with van der Waals surface area (Å²) in [6.45, 7) is 1.62. The van der Waals surface area contributed by atoms with Crippen molar-refractivity contribution < 1.29 is 9.84 Å². The number of ether oxygens (including phenoxy) is 1. The monoisotopic (exact) mass is 275 g/mol. The highest BCUT2D eigenvalue weighted by Crippen LogP contribution is 2.17. The Morgan fingerprint density at radius 1 is 1.35 bits per heavy atom. The maximum absolute atomic E-state index is 9.69. The van der Waals surface area contributed by atoms with E-state index in [1.165, 1.54) is 0 Å². The Balaban J connectivity index is 1.93. The molecule has 108 valence electrons. The number of hydrogen-bond donors (Lipinski definition) is 2. The first-order valence-electron chi connectivity index (χ1n) is 6.64. The molecule has 0 spiro atoms. The molecule has 0 aliphatic rings. The number of aliphatic hydroxyl groups is 1. The molecule has 0 fully saturated rings. The Hall–Kier alpha value is -1.69. The Labute approximate surface area is 119 Å². The Morgan fingerprint density at radius 3 is 2.80 bits per heavy atom. The van der Waals surface area contributed by atoms with Crippen molar-refractivity contribution in [1.29, 1.82) is 0 Å². The van der Waals surface area contributed by atoms with Crippen molar-refractivity contribution in [2.45, 2.75) is 12.6 Å². The fourth-order valence-corrected chi connectivity index (χ4v) is 2.16. The van der Waals surface area contributed by atoms with E-state index in [-0.39, 0.29) is 0 Å². The van der Waals surface area contributed by atoms with Crippen molar-refractivity contribution in [3.8, 4) is 11.3 Å². The quantitative estimate of drug-likeness (QED) is 0.804. The molecule has 0 bridgehead atoms. The molecule has 1 aromatic carbocycles. The zero-order valence-corrected chi connectivity index (χ0v) is 11.9. The number of H-pyrrole nitrogens is 1. The van der Waals surface area contributed by atoms with Gasteiger partial charge in [-0.15, -0.1) is 0 Å². The second-order valence-electron chi connectivity index (χ2n) is 4.95. The Kier molecular flexibility index (Phi) is 5.29. The molecule has 2 N–H and O–H groups in total. The van der Waals surface area contributed by atoms with Gasteiger partial charge in [0.05, 0.1) is 18.4 Å². The van der Waals surface area contributed by atoms with Crippen molar-refractivity contribution >= 4 is 0 Å². The van der Waals surface area contributed by atoms with Crippen LogP contribution in [-0.2, 0) is 11.3 Å². The van der Waals surface area contributed by atoms with Crippen LogP contribution in [0.2, 0.25) is 0 Å². The van der Waals surface area contributed by atoms with Gasteiger partial charge in [-0.2, -0.15) is 5.10 Å². The topological polar surface area (TPSA) is 61.4 Å². The van der Waals surface area contributed by atoms with Crippen LogP contribution >= 0.6 is 0 Å². The summed E-state index contributed by atoms with van der Waals surface area (Å²) >= 11 is 0. The highest BCUT2D eigenvalue weighted by Gasteiger charge is 2.10. The number of rotatable bonds is 7. The molecule has 2 rings (SSSR count). The normalized spacial score (nSPS) is 12.8. The van der Waals surface area contributed by atoms with Gasteiger partial charge in [-0.3, -0.25) is 10.00 Å². The lowest BCUT2D eigenvalue weighted by atomic mass is 10.1. The van der Waals surface area contributed by atoms with Crippen LogP contribution in [0.15, 0.2) is 36.4 Å². The Bertz CT molecular complexity index is 513. The molecular weight excluding hydrogens is 254 g/mol. The number of hydrogen-bond acceptors (Lipinski definition) is 4. The summed E-state index contributed by atoms with van der Waals surface area (Å²) in [5.41, 5.74) is 3.06. The van der Waals surface area contributed by atoms with Crippen LogP contribution in [0.5, 0.6) is 0 Å². The molecule has 1 atom stereocenters. The van der Waals surface area contributed by atoms with Gasteiger partial charge in [-0.05, 0) is 13.1 Å². The highest BCUT2D eigenvalue weighted by atomic mass is 16.5. The minimum atomic E-state index is -0.471. The molecular formula is C15H21N3O2. The molecule has 0 saturated heterocycles. The molecule has 1 heterocycles. The standard InChI is InChI=1S/C15H21N3O2/c1-18(10-14(19)11-20-2)9-13-8-15(17-16-13)12-6-4-3-5-7-12/h3-8,14,19H,9-11H2,1-2H3,(H,16,17). The van der Waals surface area contributed by atoms with E-state index < -0.39 is 6.10 Å². The third-order valence-electron chi connectivity index (χ3n) is 3.02. The van der Waals surface area contributed by atoms with Crippen molar-refractivity contribution in [1.82, 2.24) is 15.1 Å². The summed E-state index contributed by atoms with van der Waals surface area (Å²) in [6.07, 6.45) is -0.471. The first-order chi connectivity index (χ1) is 9.69. The van der Waals surface area contributed by atoms with Crippen LogP contribution in [-0.4, -0.2) is 53.6 Å². The third kappa shape index (κ3) is 4.16. The Morgan fingerprint density at radius 2 is 2.10 bits per heavy atom. The number of methoxy groups -OCH3 is 1. The molecule has 0 saturated carbocycles. The summed E-state index contributed by atoms with van der Waals surface area (Å²) in [6, 6.07) is 12.1. The van der Waals surface area contributed by atoms with E-state index in [1.54, 1.807) is 7.11 Å². The van der Waals surface area contributed by atoms with E-state index in [2.05, 4.69) is 10.2 Å². The highest BCUT2D eigenvalue weighted by molar-refractivity contribution is 5.58. The number of nitrogens with one attached hydrogen (secondary N) is 1. The molecule has 0 amide bonds. The molecule has 2 aromatic rings. The lowest BCUT2D eigenvalue weighted by molar-refractivity contribution is 0.0416. The number of benzene rings is 1.